The molecule has 0 spiro atoms. The Labute approximate surface area is 159 Å². The smallest absolute Gasteiger partial charge is 0.324 e. The predicted molar refractivity (Wildman–Crippen MR) is 101 cm³/mol. The summed E-state index contributed by atoms with van der Waals surface area (Å²) >= 11 is 0. The number of rotatable bonds is 6. The molecule has 28 heavy (non-hydrogen) atoms. The maximum Gasteiger partial charge on any atom is 0.324 e. The van der Waals surface area contributed by atoms with Crippen molar-refractivity contribution in [2.75, 3.05) is 11.9 Å². The number of urea groups is 1. The van der Waals surface area contributed by atoms with Crippen LogP contribution in [0.25, 0.3) is 6.08 Å². The fraction of sp³-hybridized carbons (Fsp3) is 0.105. The van der Waals surface area contributed by atoms with Crippen molar-refractivity contribution in [1.29, 1.82) is 0 Å². The van der Waals surface area contributed by atoms with Gasteiger partial charge in [-0.15, -0.1) is 0 Å². The van der Waals surface area contributed by atoms with Crippen molar-refractivity contribution in [3.8, 4) is 0 Å². The van der Waals surface area contributed by atoms with E-state index >= 15 is 0 Å². The van der Waals surface area contributed by atoms with Gasteiger partial charge in [-0.3, -0.25) is 24.6 Å². The fourth-order valence-corrected chi connectivity index (χ4v) is 2.59. The molecule has 1 aliphatic rings. The first kappa shape index (κ1) is 18.8. The number of amides is 4. The second-order valence-corrected chi connectivity index (χ2v) is 6.01. The SMILES string of the molecule is O=C(C=Cc1cccc([N+](=O)[O-])c1)Nc1ccc(CN2C(=O)CNC2=O)cc1. The number of nitrogens with one attached hydrogen (secondary N) is 2. The van der Waals surface area contributed by atoms with Crippen molar-refractivity contribution < 1.29 is 19.3 Å². The molecule has 9 nitrogen and oxygen atoms in total. The molecule has 1 heterocycles. The Morgan fingerprint density at radius 1 is 1.21 bits per heavy atom. The third kappa shape index (κ3) is 4.58. The first-order chi connectivity index (χ1) is 13.4. The van der Waals surface area contributed by atoms with E-state index < -0.39 is 16.9 Å². The lowest BCUT2D eigenvalue weighted by Crippen LogP contribution is -2.30. The summed E-state index contributed by atoms with van der Waals surface area (Å²) in [4.78, 5) is 46.5. The zero-order valence-electron chi connectivity index (χ0n) is 14.6. The molecule has 2 aromatic carbocycles. The number of non-ortho nitro benzene ring substituents is 1. The van der Waals surface area contributed by atoms with Crippen molar-refractivity contribution >= 4 is 35.3 Å². The van der Waals surface area contributed by atoms with E-state index in [4.69, 9.17) is 0 Å². The zero-order valence-corrected chi connectivity index (χ0v) is 14.6. The highest BCUT2D eigenvalue weighted by molar-refractivity contribution is 6.02. The van der Waals surface area contributed by atoms with Crippen LogP contribution in [0.5, 0.6) is 0 Å². The first-order valence-corrected chi connectivity index (χ1v) is 8.33. The van der Waals surface area contributed by atoms with Crippen molar-refractivity contribution in [1.82, 2.24) is 10.2 Å². The molecule has 2 aromatic rings. The van der Waals surface area contributed by atoms with E-state index in [1.807, 2.05) is 0 Å². The van der Waals surface area contributed by atoms with Crippen LogP contribution in [-0.4, -0.2) is 34.2 Å². The van der Waals surface area contributed by atoms with Crippen LogP contribution in [0.2, 0.25) is 0 Å². The van der Waals surface area contributed by atoms with Crippen LogP contribution >= 0.6 is 0 Å². The molecule has 0 atom stereocenters. The number of imide groups is 1. The van der Waals surface area contributed by atoms with E-state index in [9.17, 15) is 24.5 Å². The maximum absolute atomic E-state index is 12.0. The van der Waals surface area contributed by atoms with E-state index in [0.29, 0.717) is 11.3 Å². The molecular weight excluding hydrogens is 364 g/mol. The van der Waals surface area contributed by atoms with Crippen LogP contribution in [0.1, 0.15) is 11.1 Å². The van der Waals surface area contributed by atoms with Gasteiger partial charge in [0.2, 0.25) is 11.8 Å². The van der Waals surface area contributed by atoms with E-state index in [2.05, 4.69) is 10.6 Å². The summed E-state index contributed by atoms with van der Waals surface area (Å²) < 4.78 is 0. The quantitative estimate of drug-likeness (QED) is 0.345. The number of nitrogens with zero attached hydrogens (tertiary/aromatic N) is 2. The third-order valence-electron chi connectivity index (χ3n) is 4.01. The van der Waals surface area contributed by atoms with Crippen LogP contribution in [-0.2, 0) is 16.1 Å². The summed E-state index contributed by atoms with van der Waals surface area (Å²) in [5.74, 6) is -0.679. The number of hydrogen-bond donors (Lipinski definition) is 2. The molecule has 142 valence electrons. The summed E-state index contributed by atoms with van der Waals surface area (Å²) in [5, 5.41) is 15.9. The van der Waals surface area contributed by atoms with Crippen molar-refractivity contribution in [3.05, 3.63) is 75.8 Å². The number of nitro groups is 1. The van der Waals surface area contributed by atoms with Crippen LogP contribution < -0.4 is 10.6 Å². The van der Waals surface area contributed by atoms with Crippen LogP contribution in [0, 0.1) is 10.1 Å². The largest absolute Gasteiger partial charge is 0.329 e. The minimum absolute atomic E-state index is 0.00385. The Kier molecular flexibility index (Phi) is 5.45. The van der Waals surface area contributed by atoms with Gasteiger partial charge in [0.1, 0.15) is 0 Å². The standard InChI is InChI=1S/C19H16N4O5/c24-17(9-6-13-2-1-3-16(10-13)23(27)28)21-15-7-4-14(5-8-15)12-22-18(25)11-20-19(22)26/h1-10H,11-12H2,(H,20,26)(H,21,24). The highest BCUT2D eigenvalue weighted by Crippen LogP contribution is 2.15. The topological polar surface area (TPSA) is 122 Å². The molecule has 0 aromatic heterocycles. The summed E-state index contributed by atoms with van der Waals surface area (Å²) in [6, 6.07) is 12.2. The van der Waals surface area contributed by atoms with Gasteiger partial charge in [-0.05, 0) is 29.3 Å². The van der Waals surface area contributed by atoms with Crippen molar-refractivity contribution in [3.63, 3.8) is 0 Å². The Morgan fingerprint density at radius 3 is 2.61 bits per heavy atom. The summed E-state index contributed by atoms with van der Waals surface area (Å²) in [7, 11) is 0. The average Bonchev–Trinajstić information content (AvgIpc) is 3.00. The highest BCUT2D eigenvalue weighted by Gasteiger charge is 2.28. The Hall–Kier alpha value is -4.01. The van der Waals surface area contributed by atoms with E-state index in [-0.39, 0.29) is 24.7 Å². The van der Waals surface area contributed by atoms with Crippen molar-refractivity contribution in [2.45, 2.75) is 6.54 Å². The molecule has 4 amide bonds. The third-order valence-corrected chi connectivity index (χ3v) is 4.01. The van der Waals surface area contributed by atoms with Gasteiger partial charge in [-0.1, -0.05) is 24.3 Å². The molecule has 0 aliphatic carbocycles. The minimum atomic E-state index is -0.502. The molecule has 1 saturated heterocycles. The molecule has 2 N–H and O–H groups in total. The Balaban J connectivity index is 1.58. The van der Waals surface area contributed by atoms with Gasteiger partial charge in [0, 0.05) is 23.9 Å². The molecule has 1 fully saturated rings. The zero-order chi connectivity index (χ0) is 20.1. The lowest BCUT2D eigenvalue weighted by molar-refractivity contribution is -0.384. The fourth-order valence-electron chi connectivity index (χ4n) is 2.59. The van der Waals surface area contributed by atoms with Gasteiger partial charge < -0.3 is 10.6 Å². The summed E-state index contributed by atoms with van der Waals surface area (Å²) in [5.41, 5.74) is 1.77. The van der Waals surface area contributed by atoms with E-state index in [1.54, 1.807) is 36.4 Å². The molecule has 0 unspecified atom stereocenters. The molecule has 0 bridgehead atoms. The second-order valence-electron chi connectivity index (χ2n) is 6.01. The Bertz CT molecular complexity index is 953. The molecule has 1 aliphatic heterocycles. The number of hydrogen-bond acceptors (Lipinski definition) is 5. The summed E-state index contributed by atoms with van der Waals surface area (Å²) in [6.07, 6.45) is 2.76. The molecule has 0 saturated carbocycles. The van der Waals surface area contributed by atoms with Crippen LogP contribution in [0.3, 0.4) is 0 Å². The number of anilines is 1. The van der Waals surface area contributed by atoms with E-state index in [0.717, 1.165) is 10.5 Å². The number of benzene rings is 2. The van der Waals surface area contributed by atoms with Gasteiger partial charge in [0.15, 0.2) is 0 Å². The lowest BCUT2D eigenvalue weighted by atomic mass is 10.2. The first-order valence-electron chi connectivity index (χ1n) is 8.33. The molecular formula is C19H16N4O5. The number of nitro benzene ring substituents is 1. The van der Waals surface area contributed by atoms with Crippen LogP contribution in [0.4, 0.5) is 16.2 Å². The normalized spacial score (nSPS) is 13.6. The van der Waals surface area contributed by atoms with E-state index in [1.165, 1.54) is 24.3 Å². The second kappa shape index (κ2) is 8.12. The van der Waals surface area contributed by atoms with Gasteiger partial charge in [-0.2, -0.15) is 0 Å². The Morgan fingerprint density at radius 2 is 1.96 bits per heavy atom. The predicted octanol–water partition coefficient (Wildman–Crippen LogP) is 2.30. The van der Waals surface area contributed by atoms with Gasteiger partial charge >= 0.3 is 6.03 Å². The lowest BCUT2D eigenvalue weighted by Gasteiger charge is -2.12. The molecule has 0 radical (unpaired) electrons. The van der Waals surface area contributed by atoms with Crippen molar-refractivity contribution in [2.24, 2.45) is 0 Å². The monoisotopic (exact) mass is 380 g/mol. The van der Waals surface area contributed by atoms with Gasteiger partial charge in [0.05, 0.1) is 18.0 Å². The maximum atomic E-state index is 12.0. The number of carbonyl (C=O) groups is 3. The van der Waals surface area contributed by atoms with Gasteiger partial charge in [0.25, 0.3) is 5.69 Å². The minimum Gasteiger partial charge on any atom is -0.329 e. The summed E-state index contributed by atoms with van der Waals surface area (Å²) in [6.45, 7) is 0.162. The molecule has 9 heteroatoms. The average molecular weight is 380 g/mol. The van der Waals surface area contributed by atoms with Gasteiger partial charge in [-0.25, -0.2) is 4.79 Å². The highest BCUT2D eigenvalue weighted by atomic mass is 16.6. The van der Waals surface area contributed by atoms with Crippen LogP contribution in [0.15, 0.2) is 54.6 Å². The number of carbonyl (C=O) groups excluding carboxylic acids is 3. The molecule has 3 rings (SSSR count).